The lowest BCUT2D eigenvalue weighted by Crippen LogP contribution is -1.98. The molecule has 0 aliphatic carbocycles. The van der Waals surface area contributed by atoms with Crippen molar-refractivity contribution in [2.75, 3.05) is 0 Å². The molecule has 56 valence electrons. The average molecular weight is 259 g/mol. The Morgan fingerprint density at radius 2 is 2.36 bits per heavy atom. The zero-order valence-electron chi connectivity index (χ0n) is 6.00. The number of aliphatic imine (C=N–C) groups is 1. The molecule has 0 radical (unpaired) electrons. The summed E-state index contributed by atoms with van der Waals surface area (Å²) in [5, 5.41) is 0. The molecular formula is C7H6IN3. The van der Waals surface area contributed by atoms with Gasteiger partial charge in [0, 0.05) is 6.20 Å². The number of hydrogen-bond acceptors (Lipinski definition) is 3. The number of aryl methyl sites for hydroxylation is 1. The topological polar surface area (TPSA) is 38.1 Å². The van der Waals surface area contributed by atoms with Crippen LogP contribution in [0.1, 0.15) is 17.1 Å². The van der Waals surface area contributed by atoms with Gasteiger partial charge in [-0.2, -0.15) is 0 Å². The number of nitrogens with zero attached hydrogens (tertiary/aromatic N) is 3. The van der Waals surface area contributed by atoms with Crippen molar-refractivity contribution in [1.29, 1.82) is 0 Å². The minimum atomic E-state index is 0.697. The van der Waals surface area contributed by atoms with Crippen molar-refractivity contribution >= 4 is 26.3 Å². The number of halogens is 1. The van der Waals surface area contributed by atoms with Gasteiger partial charge in [0.15, 0.2) is 0 Å². The minimum absolute atomic E-state index is 0.697. The van der Waals surface area contributed by atoms with Crippen molar-refractivity contribution in [3.05, 3.63) is 23.3 Å². The van der Waals surface area contributed by atoms with Crippen molar-refractivity contribution in [3.63, 3.8) is 0 Å². The fraction of sp³-hybridized carbons (Fsp3) is 0.286. The summed E-state index contributed by atoms with van der Waals surface area (Å²) in [7, 11) is 0. The van der Waals surface area contributed by atoms with Crippen molar-refractivity contribution in [2.24, 2.45) is 4.99 Å². The van der Waals surface area contributed by atoms with E-state index >= 15 is 0 Å². The highest BCUT2D eigenvalue weighted by atomic mass is 127. The molecule has 11 heavy (non-hydrogen) atoms. The van der Waals surface area contributed by atoms with E-state index in [0.29, 0.717) is 6.54 Å². The van der Waals surface area contributed by atoms with Gasteiger partial charge in [-0.05, 0) is 29.5 Å². The smallest absolute Gasteiger partial charge is 0.123 e. The molecule has 2 rings (SSSR count). The molecular weight excluding hydrogens is 253 g/mol. The molecule has 1 aromatic heterocycles. The molecule has 0 unspecified atom stereocenters. The van der Waals surface area contributed by atoms with Crippen molar-refractivity contribution < 1.29 is 0 Å². The lowest BCUT2D eigenvalue weighted by atomic mass is 10.3. The Morgan fingerprint density at radius 3 is 3.18 bits per heavy atom. The molecule has 0 fully saturated rings. The predicted octanol–water partition coefficient (Wildman–Crippen LogP) is 1.48. The Morgan fingerprint density at radius 1 is 1.55 bits per heavy atom. The number of hydrogen-bond donors (Lipinski definition) is 0. The van der Waals surface area contributed by atoms with Crippen LogP contribution in [0.3, 0.4) is 0 Å². The zero-order valence-corrected chi connectivity index (χ0v) is 8.16. The van der Waals surface area contributed by atoms with E-state index in [0.717, 1.165) is 20.8 Å². The molecule has 0 spiro atoms. The van der Waals surface area contributed by atoms with Crippen LogP contribution in [0.4, 0.5) is 0 Å². The first kappa shape index (κ1) is 7.15. The third-order valence-corrected chi connectivity index (χ3v) is 2.38. The van der Waals surface area contributed by atoms with Gasteiger partial charge in [0.1, 0.15) is 9.41 Å². The van der Waals surface area contributed by atoms with Gasteiger partial charge >= 0.3 is 0 Å². The summed E-state index contributed by atoms with van der Waals surface area (Å²) >= 11 is 2.18. The van der Waals surface area contributed by atoms with Crippen LogP contribution >= 0.6 is 22.6 Å². The van der Waals surface area contributed by atoms with Gasteiger partial charge in [-0.1, -0.05) is 0 Å². The van der Waals surface area contributed by atoms with E-state index < -0.39 is 0 Å². The fourth-order valence-electron chi connectivity index (χ4n) is 1.03. The summed E-state index contributed by atoms with van der Waals surface area (Å²) in [6.45, 7) is 2.64. The lowest BCUT2D eigenvalue weighted by molar-refractivity contribution is 0.968. The first-order valence-corrected chi connectivity index (χ1v) is 4.38. The van der Waals surface area contributed by atoms with E-state index in [1.807, 2.05) is 6.92 Å². The maximum atomic E-state index is 4.32. The predicted molar refractivity (Wildman–Crippen MR) is 51.0 cm³/mol. The Balaban J connectivity index is 2.58. The van der Waals surface area contributed by atoms with Gasteiger partial charge in [-0.25, -0.2) is 0 Å². The average Bonchev–Trinajstić information content (AvgIpc) is 2.32. The van der Waals surface area contributed by atoms with Crippen LogP contribution in [0.15, 0.2) is 11.2 Å². The summed E-state index contributed by atoms with van der Waals surface area (Å²) in [4.78, 5) is 12.8. The minimum Gasteiger partial charge on any atom is -0.270 e. The second kappa shape index (κ2) is 2.51. The number of fused-ring (bicyclic) bond motifs is 1. The van der Waals surface area contributed by atoms with E-state index in [1.54, 1.807) is 6.20 Å². The molecule has 0 saturated heterocycles. The molecule has 0 amide bonds. The molecule has 1 aliphatic heterocycles. The standard InChI is InChI=1S/C7H6IN3/c1-4-2-9-6-5(11-4)3-10-7(6)8/h2H,3H2,1H3. The summed E-state index contributed by atoms with van der Waals surface area (Å²) in [5.74, 6) is 0. The molecule has 2 heterocycles. The summed E-state index contributed by atoms with van der Waals surface area (Å²) in [5.41, 5.74) is 2.93. The molecule has 0 bridgehead atoms. The van der Waals surface area contributed by atoms with Crippen LogP contribution in [-0.4, -0.2) is 13.7 Å². The molecule has 4 heteroatoms. The highest BCUT2D eigenvalue weighted by Crippen LogP contribution is 2.17. The van der Waals surface area contributed by atoms with Crippen molar-refractivity contribution in [3.8, 4) is 0 Å². The first-order valence-electron chi connectivity index (χ1n) is 3.30. The van der Waals surface area contributed by atoms with Gasteiger partial charge in [0.25, 0.3) is 0 Å². The number of aromatic nitrogens is 2. The highest BCUT2D eigenvalue weighted by molar-refractivity contribution is 14.1. The SMILES string of the molecule is Cc1cnc2c(n1)CN=C2I. The summed E-state index contributed by atoms with van der Waals surface area (Å²) in [6.07, 6.45) is 1.78. The van der Waals surface area contributed by atoms with Crippen molar-refractivity contribution in [2.45, 2.75) is 13.5 Å². The molecule has 0 saturated carbocycles. The van der Waals surface area contributed by atoms with Gasteiger partial charge in [0.05, 0.1) is 17.9 Å². The number of rotatable bonds is 0. The quantitative estimate of drug-likeness (QED) is 0.662. The van der Waals surface area contributed by atoms with Crippen LogP contribution in [0.2, 0.25) is 0 Å². The van der Waals surface area contributed by atoms with Crippen molar-refractivity contribution in [1.82, 2.24) is 9.97 Å². The Labute approximate surface area is 78.1 Å². The lowest BCUT2D eigenvalue weighted by Gasteiger charge is -1.96. The fourth-order valence-corrected chi connectivity index (χ4v) is 1.65. The van der Waals surface area contributed by atoms with E-state index in [-0.39, 0.29) is 0 Å². The molecule has 1 aromatic rings. The van der Waals surface area contributed by atoms with Gasteiger partial charge in [-0.15, -0.1) is 0 Å². The third kappa shape index (κ3) is 1.15. The van der Waals surface area contributed by atoms with E-state index in [2.05, 4.69) is 37.6 Å². The van der Waals surface area contributed by atoms with Crippen LogP contribution in [0, 0.1) is 6.92 Å². The van der Waals surface area contributed by atoms with Gasteiger partial charge < -0.3 is 0 Å². The van der Waals surface area contributed by atoms with Crippen LogP contribution in [-0.2, 0) is 6.54 Å². The molecule has 0 N–H and O–H groups in total. The molecule has 3 nitrogen and oxygen atoms in total. The van der Waals surface area contributed by atoms with E-state index in [1.165, 1.54) is 0 Å². The molecule has 0 aromatic carbocycles. The summed E-state index contributed by atoms with van der Waals surface area (Å²) < 4.78 is 0.977. The highest BCUT2D eigenvalue weighted by Gasteiger charge is 2.15. The van der Waals surface area contributed by atoms with Crippen LogP contribution < -0.4 is 0 Å². The second-order valence-corrected chi connectivity index (χ2v) is 3.44. The Hall–Kier alpha value is -0.520. The summed E-state index contributed by atoms with van der Waals surface area (Å²) in [6, 6.07) is 0. The largest absolute Gasteiger partial charge is 0.270 e. The molecule has 1 aliphatic rings. The third-order valence-electron chi connectivity index (χ3n) is 1.53. The van der Waals surface area contributed by atoms with Gasteiger partial charge in [0.2, 0.25) is 0 Å². The zero-order chi connectivity index (χ0) is 7.84. The Kier molecular flexibility index (Phi) is 1.63. The van der Waals surface area contributed by atoms with E-state index in [4.69, 9.17) is 0 Å². The maximum absolute atomic E-state index is 4.32. The van der Waals surface area contributed by atoms with Crippen LogP contribution in [0.25, 0.3) is 0 Å². The normalized spacial score (nSPS) is 14.5. The van der Waals surface area contributed by atoms with Gasteiger partial charge in [-0.3, -0.25) is 15.0 Å². The second-order valence-electron chi connectivity index (χ2n) is 2.41. The van der Waals surface area contributed by atoms with E-state index in [9.17, 15) is 0 Å². The first-order chi connectivity index (χ1) is 5.27. The monoisotopic (exact) mass is 259 g/mol. The maximum Gasteiger partial charge on any atom is 0.123 e. The Bertz CT molecular complexity index is 332. The van der Waals surface area contributed by atoms with Crippen LogP contribution in [0.5, 0.6) is 0 Å². The molecule has 0 atom stereocenters.